The first kappa shape index (κ1) is 17.2. The van der Waals surface area contributed by atoms with Gasteiger partial charge in [0.05, 0.1) is 6.61 Å². The predicted octanol–water partition coefficient (Wildman–Crippen LogP) is 0.694. The van der Waals surface area contributed by atoms with Crippen molar-refractivity contribution in [3.63, 3.8) is 0 Å². The third-order valence-electron chi connectivity index (χ3n) is 2.80. The second-order valence-electron chi connectivity index (χ2n) is 4.22. The predicted molar refractivity (Wildman–Crippen MR) is 74.8 cm³/mol. The van der Waals surface area contributed by atoms with Crippen LogP contribution in [-0.2, 0) is 14.3 Å². The molecule has 0 fully saturated rings. The fourth-order valence-corrected chi connectivity index (χ4v) is 1.84. The monoisotopic (exact) mass is 276 g/mol. The number of amides is 2. The summed E-state index contributed by atoms with van der Waals surface area (Å²) < 4.78 is 5.01. The molecule has 1 N–H and O–H groups in total. The largest absolute Gasteiger partial charge is 0.383 e. The van der Waals surface area contributed by atoms with Crippen molar-refractivity contribution in [1.82, 2.24) is 10.2 Å². The van der Waals surface area contributed by atoms with Crippen LogP contribution >= 0.6 is 12.6 Å². The molecule has 0 bridgehead atoms. The van der Waals surface area contributed by atoms with Gasteiger partial charge in [-0.15, -0.1) is 0 Å². The third-order valence-corrected chi connectivity index (χ3v) is 3.17. The van der Waals surface area contributed by atoms with E-state index in [1.807, 2.05) is 13.8 Å². The molecule has 0 saturated carbocycles. The molecule has 0 aromatic carbocycles. The van der Waals surface area contributed by atoms with Crippen LogP contribution in [0.15, 0.2) is 0 Å². The smallest absolute Gasteiger partial charge is 0.246 e. The minimum Gasteiger partial charge on any atom is -0.383 e. The van der Waals surface area contributed by atoms with Crippen LogP contribution in [0.3, 0.4) is 0 Å². The number of rotatable bonds is 8. The molecular weight excluding hydrogens is 252 g/mol. The molecule has 2 amide bonds. The Morgan fingerprint density at radius 1 is 1.44 bits per heavy atom. The van der Waals surface area contributed by atoms with Gasteiger partial charge in [-0.05, 0) is 13.3 Å². The minimum atomic E-state index is -0.573. The van der Waals surface area contributed by atoms with E-state index in [4.69, 9.17) is 4.74 Å². The number of carbonyl (C=O) groups excluding carboxylic acids is 2. The van der Waals surface area contributed by atoms with Gasteiger partial charge in [0, 0.05) is 32.4 Å². The Hall–Kier alpha value is -0.750. The Kier molecular flexibility index (Phi) is 8.83. The van der Waals surface area contributed by atoms with Crippen molar-refractivity contribution in [2.45, 2.75) is 39.3 Å². The first-order valence-corrected chi connectivity index (χ1v) is 6.78. The minimum absolute atomic E-state index is 0.105. The van der Waals surface area contributed by atoms with Crippen molar-refractivity contribution in [2.24, 2.45) is 0 Å². The maximum atomic E-state index is 12.3. The van der Waals surface area contributed by atoms with Gasteiger partial charge in [-0.1, -0.05) is 6.92 Å². The van der Waals surface area contributed by atoms with Gasteiger partial charge in [-0.25, -0.2) is 0 Å². The molecule has 2 unspecified atom stereocenters. The van der Waals surface area contributed by atoms with Crippen LogP contribution < -0.4 is 5.32 Å². The molecule has 0 aliphatic heterocycles. The normalized spacial score (nSPS) is 13.8. The molecule has 5 nitrogen and oxygen atoms in total. The molecule has 0 rings (SSSR count). The number of nitrogens with one attached hydrogen (secondary N) is 1. The number of thiol groups is 1. The number of ether oxygens (including phenoxy) is 1. The lowest BCUT2D eigenvalue weighted by atomic mass is 10.1. The lowest BCUT2D eigenvalue weighted by molar-refractivity contribution is -0.137. The third kappa shape index (κ3) is 5.73. The summed E-state index contributed by atoms with van der Waals surface area (Å²) in [6, 6.07) is -0.458. The van der Waals surface area contributed by atoms with Gasteiger partial charge < -0.3 is 15.0 Å². The molecule has 0 aliphatic rings. The fraction of sp³-hybridized carbons (Fsp3) is 0.833. The summed E-state index contributed by atoms with van der Waals surface area (Å²) in [4.78, 5) is 25.1. The highest BCUT2D eigenvalue weighted by molar-refractivity contribution is 7.80. The molecule has 0 radical (unpaired) electrons. The van der Waals surface area contributed by atoms with Crippen molar-refractivity contribution >= 4 is 24.4 Å². The topological polar surface area (TPSA) is 58.6 Å². The average molecular weight is 276 g/mol. The van der Waals surface area contributed by atoms with Crippen molar-refractivity contribution in [3.05, 3.63) is 0 Å². The van der Waals surface area contributed by atoms with E-state index in [9.17, 15) is 9.59 Å². The summed E-state index contributed by atoms with van der Waals surface area (Å²) in [5, 5.41) is 2.62. The van der Waals surface area contributed by atoms with Gasteiger partial charge in [0.2, 0.25) is 11.8 Å². The Bertz CT molecular complexity index is 274. The Morgan fingerprint density at radius 2 is 2.06 bits per heavy atom. The molecule has 6 heteroatoms. The second kappa shape index (κ2) is 9.22. The summed E-state index contributed by atoms with van der Waals surface area (Å²) in [5.41, 5.74) is 0. The summed E-state index contributed by atoms with van der Waals surface area (Å²) in [7, 11) is 1.60. The van der Waals surface area contributed by atoms with Gasteiger partial charge in [0.1, 0.15) is 6.04 Å². The highest BCUT2D eigenvalue weighted by atomic mass is 32.1. The van der Waals surface area contributed by atoms with Gasteiger partial charge in [-0.3, -0.25) is 9.59 Å². The lowest BCUT2D eigenvalue weighted by Crippen LogP contribution is -2.52. The zero-order valence-corrected chi connectivity index (χ0v) is 12.5. The summed E-state index contributed by atoms with van der Waals surface area (Å²) in [6.07, 6.45) is 0.856. The number of carbonyl (C=O) groups is 2. The Morgan fingerprint density at radius 3 is 2.44 bits per heavy atom. The quantitative estimate of drug-likeness (QED) is 0.642. The Balaban J connectivity index is 4.73. The van der Waals surface area contributed by atoms with Crippen LogP contribution in [0, 0.1) is 0 Å². The number of nitrogens with zero attached hydrogens (tertiary/aromatic N) is 1. The van der Waals surface area contributed by atoms with E-state index < -0.39 is 6.04 Å². The SMILES string of the molecule is CCC(C)N(CCOC)C(=O)C(CS)NC(C)=O. The Labute approximate surface area is 115 Å². The van der Waals surface area contributed by atoms with Crippen LogP contribution in [0.25, 0.3) is 0 Å². The van der Waals surface area contributed by atoms with Gasteiger partial charge >= 0.3 is 0 Å². The zero-order valence-electron chi connectivity index (χ0n) is 11.6. The molecule has 106 valence electrons. The molecule has 0 saturated heterocycles. The zero-order chi connectivity index (χ0) is 14.1. The fourth-order valence-electron chi connectivity index (χ4n) is 1.59. The summed E-state index contributed by atoms with van der Waals surface area (Å²) >= 11 is 4.12. The first-order chi connectivity index (χ1) is 8.47. The van der Waals surface area contributed by atoms with Crippen LogP contribution in [0.1, 0.15) is 27.2 Å². The maximum absolute atomic E-state index is 12.3. The van der Waals surface area contributed by atoms with Crippen molar-refractivity contribution in [3.8, 4) is 0 Å². The molecule has 0 spiro atoms. The van der Waals surface area contributed by atoms with Crippen LogP contribution in [-0.4, -0.2) is 54.8 Å². The van der Waals surface area contributed by atoms with Crippen molar-refractivity contribution in [2.75, 3.05) is 26.0 Å². The molecular formula is C12H24N2O3S. The number of methoxy groups -OCH3 is 1. The van der Waals surface area contributed by atoms with E-state index in [1.54, 1.807) is 12.0 Å². The van der Waals surface area contributed by atoms with Crippen molar-refractivity contribution in [1.29, 1.82) is 0 Å². The molecule has 18 heavy (non-hydrogen) atoms. The van der Waals surface area contributed by atoms with E-state index in [2.05, 4.69) is 17.9 Å². The highest BCUT2D eigenvalue weighted by Gasteiger charge is 2.26. The second-order valence-corrected chi connectivity index (χ2v) is 4.58. The molecule has 0 aliphatic carbocycles. The van der Waals surface area contributed by atoms with Gasteiger partial charge in [-0.2, -0.15) is 12.6 Å². The van der Waals surface area contributed by atoms with Gasteiger partial charge in [0.25, 0.3) is 0 Å². The maximum Gasteiger partial charge on any atom is 0.246 e. The van der Waals surface area contributed by atoms with E-state index in [0.717, 1.165) is 6.42 Å². The van der Waals surface area contributed by atoms with Crippen LogP contribution in [0.4, 0.5) is 0 Å². The number of hydrogen-bond donors (Lipinski definition) is 2. The van der Waals surface area contributed by atoms with E-state index in [1.165, 1.54) is 6.92 Å². The number of hydrogen-bond acceptors (Lipinski definition) is 4. The van der Waals surface area contributed by atoms with E-state index in [-0.39, 0.29) is 17.9 Å². The van der Waals surface area contributed by atoms with E-state index >= 15 is 0 Å². The van der Waals surface area contributed by atoms with Gasteiger partial charge in [0.15, 0.2) is 0 Å². The van der Waals surface area contributed by atoms with Crippen molar-refractivity contribution < 1.29 is 14.3 Å². The highest BCUT2D eigenvalue weighted by Crippen LogP contribution is 2.07. The molecule has 0 heterocycles. The lowest BCUT2D eigenvalue weighted by Gasteiger charge is -2.31. The first-order valence-electron chi connectivity index (χ1n) is 6.15. The van der Waals surface area contributed by atoms with E-state index in [0.29, 0.717) is 18.9 Å². The average Bonchev–Trinajstić information content (AvgIpc) is 2.35. The molecule has 2 atom stereocenters. The van der Waals surface area contributed by atoms with Crippen LogP contribution in [0.5, 0.6) is 0 Å². The molecule has 0 aromatic rings. The summed E-state index contributed by atoms with van der Waals surface area (Å²) in [5.74, 6) is -0.0388. The molecule has 0 aromatic heterocycles. The van der Waals surface area contributed by atoms with Crippen LogP contribution in [0.2, 0.25) is 0 Å². The summed E-state index contributed by atoms with van der Waals surface area (Å²) in [6.45, 7) is 6.40. The standard InChI is InChI=1S/C12H24N2O3S/c1-5-9(2)14(6-7-17-4)12(16)11(8-18)13-10(3)15/h9,11,18H,5-8H2,1-4H3,(H,13,15).